The van der Waals surface area contributed by atoms with Crippen LogP contribution in [0.5, 0.6) is 17.2 Å². The molecule has 3 heterocycles. The molecule has 0 bridgehead atoms. The first-order valence-electron chi connectivity index (χ1n) is 10.7. The van der Waals surface area contributed by atoms with Gasteiger partial charge in [0, 0.05) is 24.0 Å². The van der Waals surface area contributed by atoms with Crippen molar-refractivity contribution in [3.8, 4) is 17.2 Å². The zero-order valence-electron chi connectivity index (χ0n) is 18.4. The summed E-state index contributed by atoms with van der Waals surface area (Å²) in [6, 6.07) is 16.9. The monoisotopic (exact) mass is 458 g/mol. The zero-order valence-corrected chi connectivity index (χ0v) is 18.4. The first-order chi connectivity index (χ1) is 16.5. The van der Waals surface area contributed by atoms with Crippen LogP contribution in [0.1, 0.15) is 11.3 Å². The Kier molecular flexibility index (Phi) is 5.73. The van der Waals surface area contributed by atoms with E-state index in [0.717, 1.165) is 5.56 Å². The SMILES string of the molecule is Cc1ccc2nc(COc3ccccc3NC(=O)Nc3ccc4c(c3)OCCO4)cc(=O)n2c1. The Labute approximate surface area is 194 Å². The number of amides is 2. The Bertz CT molecular complexity index is 1430. The number of aromatic nitrogens is 2. The fourth-order valence-corrected chi connectivity index (χ4v) is 3.59. The van der Waals surface area contributed by atoms with E-state index in [-0.39, 0.29) is 12.2 Å². The quantitative estimate of drug-likeness (QED) is 0.469. The number of anilines is 2. The van der Waals surface area contributed by atoms with Crippen LogP contribution >= 0.6 is 0 Å². The van der Waals surface area contributed by atoms with Crippen molar-refractivity contribution in [1.82, 2.24) is 9.38 Å². The van der Waals surface area contributed by atoms with Crippen LogP contribution in [0.4, 0.5) is 16.2 Å². The van der Waals surface area contributed by atoms with Gasteiger partial charge in [-0.15, -0.1) is 0 Å². The number of pyridine rings is 1. The molecular formula is C25H22N4O5. The maximum absolute atomic E-state index is 12.6. The van der Waals surface area contributed by atoms with Gasteiger partial charge in [0.15, 0.2) is 11.5 Å². The number of hydrogen-bond acceptors (Lipinski definition) is 6. The van der Waals surface area contributed by atoms with Crippen molar-refractivity contribution in [3.05, 3.63) is 88.5 Å². The molecule has 2 aromatic heterocycles. The number of benzene rings is 2. The number of carbonyl (C=O) groups excluding carboxylic acids is 1. The summed E-state index contributed by atoms with van der Waals surface area (Å²) < 4.78 is 18.4. The molecule has 34 heavy (non-hydrogen) atoms. The van der Waals surface area contributed by atoms with Crippen LogP contribution < -0.4 is 30.4 Å². The lowest BCUT2D eigenvalue weighted by Gasteiger charge is -2.19. The summed E-state index contributed by atoms with van der Waals surface area (Å²) in [6.45, 7) is 2.95. The minimum Gasteiger partial charge on any atom is -0.486 e. The fourth-order valence-electron chi connectivity index (χ4n) is 3.59. The number of nitrogens with one attached hydrogen (secondary N) is 2. The minimum absolute atomic E-state index is 0.0715. The highest BCUT2D eigenvalue weighted by molar-refractivity contribution is 6.00. The molecule has 9 nitrogen and oxygen atoms in total. The number of ether oxygens (including phenoxy) is 3. The maximum Gasteiger partial charge on any atom is 0.323 e. The second-order valence-electron chi connectivity index (χ2n) is 7.74. The molecule has 0 unspecified atom stereocenters. The average molecular weight is 458 g/mol. The van der Waals surface area contributed by atoms with E-state index in [9.17, 15) is 9.59 Å². The van der Waals surface area contributed by atoms with Gasteiger partial charge in [0.05, 0.1) is 11.4 Å². The molecule has 2 aromatic carbocycles. The van der Waals surface area contributed by atoms with Crippen molar-refractivity contribution in [2.24, 2.45) is 0 Å². The second-order valence-corrected chi connectivity index (χ2v) is 7.74. The van der Waals surface area contributed by atoms with Gasteiger partial charge in [0.25, 0.3) is 5.56 Å². The van der Waals surface area contributed by atoms with Gasteiger partial charge in [-0.2, -0.15) is 0 Å². The molecule has 0 saturated heterocycles. The number of nitrogens with zero attached hydrogens (tertiary/aromatic N) is 2. The highest BCUT2D eigenvalue weighted by Crippen LogP contribution is 2.32. The van der Waals surface area contributed by atoms with Crippen LogP contribution in [-0.4, -0.2) is 28.6 Å². The van der Waals surface area contributed by atoms with Crippen LogP contribution in [0.2, 0.25) is 0 Å². The molecule has 0 atom stereocenters. The molecule has 2 amide bonds. The van der Waals surface area contributed by atoms with Gasteiger partial charge in [-0.3, -0.25) is 9.20 Å². The molecule has 0 fully saturated rings. The van der Waals surface area contributed by atoms with E-state index >= 15 is 0 Å². The van der Waals surface area contributed by atoms with Gasteiger partial charge in [-0.1, -0.05) is 18.2 Å². The number of rotatable bonds is 5. The van der Waals surface area contributed by atoms with Crippen LogP contribution in [0.3, 0.4) is 0 Å². The van der Waals surface area contributed by atoms with Crippen molar-refractivity contribution < 1.29 is 19.0 Å². The highest BCUT2D eigenvalue weighted by atomic mass is 16.6. The molecular weight excluding hydrogens is 436 g/mol. The van der Waals surface area contributed by atoms with E-state index in [4.69, 9.17) is 14.2 Å². The van der Waals surface area contributed by atoms with Crippen molar-refractivity contribution in [3.63, 3.8) is 0 Å². The number of hydrogen-bond donors (Lipinski definition) is 2. The van der Waals surface area contributed by atoms with E-state index in [1.165, 1.54) is 10.5 Å². The lowest BCUT2D eigenvalue weighted by molar-refractivity contribution is 0.171. The van der Waals surface area contributed by atoms with Gasteiger partial charge in [-0.25, -0.2) is 9.78 Å². The average Bonchev–Trinajstić information content (AvgIpc) is 2.84. The van der Waals surface area contributed by atoms with Gasteiger partial charge in [0.1, 0.15) is 31.2 Å². The Morgan fingerprint density at radius 1 is 1.03 bits per heavy atom. The van der Waals surface area contributed by atoms with E-state index in [1.54, 1.807) is 54.7 Å². The Morgan fingerprint density at radius 3 is 2.74 bits per heavy atom. The molecule has 172 valence electrons. The lowest BCUT2D eigenvalue weighted by atomic mass is 10.2. The van der Waals surface area contributed by atoms with Gasteiger partial charge in [0.2, 0.25) is 0 Å². The Morgan fingerprint density at radius 2 is 1.85 bits per heavy atom. The Hall–Kier alpha value is -4.53. The molecule has 0 spiro atoms. The van der Waals surface area contributed by atoms with Crippen LogP contribution in [0.25, 0.3) is 5.65 Å². The predicted octanol–water partition coefficient (Wildman–Crippen LogP) is 4.00. The molecule has 0 saturated carbocycles. The third-order valence-corrected chi connectivity index (χ3v) is 5.17. The molecule has 5 rings (SSSR count). The predicted molar refractivity (Wildman–Crippen MR) is 127 cm³/mol. The summed E-state index contributed by atoms with van der Waals surface area (Å²) in [5.74, 6) is 1.68. The summed E-state index contributed by atoms with van der Waals surface area (Å²) in [4.78, 5) is 29.5. The van der Waals surface area contributed by atoms with Crippen LogP contribution in [0, 0.1) is 6.92 Å². The molecule has 0 aliphatic carbocycles. The number of para-hydroxylation sites is 2. The molecule has 1 aliphatic heterocycles. The summed E-state index contributed by atoms with van der Waals surface area (Å²) >= 11 is 0. The second kappa shape index (κ2) is 9.14. The van der Waals surface area contributed by atoms with Crippen molar-refractivity contribution in [1.29, 1.82) is 0 Å². The molecule has 4 aromatic rings. The van der Waals surface area contributed by atoms with E-state index in [0.29, 0.717) is 53.2 Å². The summed E-state index contributed by atoms with van der Waals surface area (Å²) in [5, 5.41) is 5.57. The summed E-state index contributed by atoms with van der Waals surface area (Å²) in [5.41, 5.74) is 2.86. The standard InChI is InChI=1S/C25H22N4O5/c1-16-6-9-23-26-18(13-24(30)29(23)14-16)15-34-20-5-3-2-4-19(20)28-25(31)27-17-7-8-21-22(12-17)33-11-10-32-21/h2-9,12-14H,10-11,15H2,1H3,(H2,27,28,31). The third-order valence-electron chi connectivity index (χ3n) is 5.17. The maximum atomic E-state index is 12.6. The largest absolute Gasteiger partial charge is 0.486 e. The number of fused-ring (bicyclic) bond motifs is 2. The van der Waals surface area contributed by atoms with Crippen LogP contribution in [-0.2, 0) is 6.61 Å². The van der Waals surface area contributed by atoms with Crippen molar-refractivity contribution >= 4 is 23.1 Å². The summed E-state index contributed by atoms with van der Waals surface area (Å²) in [6.07, 6.45) is 1.74. The highest BCUT2D eigenvalue weighted by Gasteiger charge is 2.14. The number of aryl methyl sites for hydroxylation is 1. The van der Waals surface area contributed by atoms with E-state index < -0.39 is 6.03 Å². The Balaban J connectivity index is 1.27. The van der Waals surface area contributed by atoms with E-state index in [2.05, 4.69) is 15.6 Å². The first kappa shape index (κ1) is 21.3. The molecule has 1 aliphatic rings. The smallest absolute Gasteiger partial charge is 0.323 e. The summed E-state index contributed by atoms with van der Waals surface area (Å²) in [7, 11) is 0. The van der Waals surface area contributed by atoms with Crippen molar-refractivity contribution in [2.45, 2.75) is 13.5 Å². The van der Waals surface area contributed by atoms with Gasteiger partial charge < -0.3 is 24.8 Å². The number of urea groups is 1. The number of carbonyl (C=O) groups is 1. The normalized spacial score (nSPS) is 12.3. The molecule has 2 N–H and O–H groups in total. The third kappa shape index (κ3) is 4.63. The van der Waals surface area contributed by atoms with Gasteiger partial charge >= 0.3 is 6.03 Å². The molecule has 0 radical (unpaired) electrons. The fraction of sp³-hybridized carbons (Fsp3) is 0.160. The lowest BCUT2D eigenvalue weighted by Crippen LogP contribution is -2.21. The van der Waals surface area contributed by atoms with Gasteiger partial charge in [-0.05, 0) is 42.8 Å². The first-order valence-corrected chi connectivity index (χ1v) is 10.7. The van der Waals surface area contributed by atoms with Crippen molar-refractivity contribution in [2.75, 3.05) is 23.8 Å². The van der Waals surface area contributed by atoms with Crippen LogP contribution in [0.15, 0.2) is 71.7 Å². The molecule has 9 heteroatoms. The topological polar surface area (TPSA) is 103 Å². The zero-order chi connectivity index (χ0) is 23.5. The minimum atomic E-state index is -0.440. The van der Waals surface area contributed by atoms with E-state index in [1.807, 2.05) is 13.0 Å².